The maximum absolute atomic E-state index is 13.0. The molecule has 0 spiro atoms. The molecule has 2 aliphatic rings. The van der Waals surface area contributed by atoms with Crippen LogP contribution < -0.4 is 9.64 Å². The number of aryl methyl sites for hydroxylation is 3. The lowest BCUT2D eigenvalue weighted by Crippen LogP contribution is -2.39. The van der Waals surface area contributed by atoms with Crippen molar-refractivity contribution >= 4 is 43.1 Å². The summed E-state index contributed by atoms with van der Waals surface area (Å²) in [5.74, 6) is 1.84. The molecule has 2 aliphatic heterocycles. The number of nitrogens with zero attached hydrogens (tertiary/aromatic N) is 7. The Morgan fingerprint density at radius 2 is 1.91 bits per heavy atom. The molecule has 12 heteroatoms. The molecule has 10 nitrogen and oxygen atoms in total. The van der Waals surface area contributed by atoms with Crippen LogP contribution in [0.5, 0.6) is 5.19 Å². The van der Waals surface area contributed by atoms with Gasteiger partial charge in [-0.15, -0.1) is 0 Å². The fourth-order valence-corrected chi connectivity index (χ4v) is 8.09. The van der Waals surface area contributed by atoms with Gasteiger partial charge >= 0.3 is 0 Å². The van der Waals surface area contributed by atoms with Crippen LogP contribution in [-0.2, 0) is 23.0 Å². The number of sulfonamides is 1. The molecule has 3 aromatic heterocycles. The molecule has 0 N–H and O–H groups in total. The van der Waals surface area contributed by atoms with Crippen LogP contribution in [-0.4, -0.2) is 75.3 Å². The lowest BCUT2D eigenvalue weighted by atomic mass is 10.0. The van der Waals surface area contributed by atoms with Gasteiger partial charge in [0.1, 0.15) is 11.9 Å². The van der Waals surface area contributed by atoms with Gasteiger partial charge in [-0.1, -0.05) is 36.8 Å². The maximum Gasteiger partial charge on any atom is 0.274 e. The maximum atomic E-state index is 13.0. The first-order valence-corrected chi connectivity index (χ1v) is 17.6. The molecule has 1 aromatic carbocycles. The van der Waals surface area contributed by atoms with Gasteiger partial charge in [0, 0.05) is 70.4 Å². The highest BCUT2D eigenvalue weighted by Gasteiger charge is 2.25. The van der Waals surface area contributed by atoms with Crippen LogP contribution in [0, 0.1) is 6.92 Å². The summed E-state index contributed by atoms with van der Waals surface area (Å²) in [6.07, 6.45) is 14.8. The standard InChI is InChI=1S/C31H39N7O3S2/c1-3-5-24-21-33-30(34-22-24)37-14-10-27(11-15-37)41-31-35-28-7-6-26(20-29(28)42-31)25-8-16-38(17-9-25)43(39,40)19-4-13-36-18-12-32-23(36)2/h6-8,12,18,20-22,27H,3-5,9-11,13-17,19H2,1-2H3. The lowest BCUT2D eigenvalue weighted by molar-refractivity contribution is 0.170. The van der Waals surface area contributed by atoms with Crippen molar-refractivity contribution in [2.24, 2.45) is 0 Å². The summed E-state index contributed by atoms with van der Waals surface area (Å²) in [5, 5.41) is 0.701. The van der Waals surface area contributed by atoms with E-state index in [4.69, 9.17) is 9.72 Å². The van der Waals surface area contributed by atoms with Crippen molar-refractivity contribution in [2.45, 2.75) is 65.0 Å². The van der Waals surface area contributed by atoms with Crippen molar-refractivity contribution in [1.29, 1.82) is 0 Å². The molecule has 0 aliphatic carbocycles. The second-order valence-electron chi connectivity index (χ2n) is 11.3. The van der Waals surface area contributed by atoms with Gasteiger partial charge in [-0.05, 0) is 55.0 Å². The van der Waals surface area contributed by atoms with Crippen molar-refractivity contribution in [3.63, 3.8) is 0 Å². The van der Waals surface area contributed by atoms with E-state index in [1.165, 1.54) is 11.1 Å². The summed E-state index contributed by atoms with van der Waals surface area (Å²) in [7, 11) is -3.30. The van der Waals surface area contributed by atoms with Gasteiger partial charge in [-0.25, -0.2) is 28.4 Å². The zero-order chi connectivity index (χ0) is 29.8. The topological polar surface area (TPSA) is 106 Å². The number of ether oxygens (including phenoxy) is 1. The number of imidazole rings is 1. The first-order chi connectivity index (χ1) is 20.9. The number of anilines is 1. The summed E-state index contributed by atoms with van der Waals surface area (Å²) in [6, 6.07) is 6.28. The number of hydrogen-bond acceptors (Lipinski definition) is 9. The Bertz CT molecular complexity index is 1670. The molecule has 4 aromatic rings. The highest BCUT2D eigenvalue weighted by Crippen LogP contribution is 2.33. The zero-order valence-electron chi connectivity index (χ0n) is 24.9. The van der Waals surface area contributed by atoms with E-state index in [9.17, 15) is 8.42 Å². The molecule has 43 heavy (non-hydrogen) atoms. The Labute approximate surface area is 257 Å². The molecule has 0 radical (unpaired) electrons. The van der Waals surface area contributed by atoms with Crippen LogP contribution in [0.15, 0.2) is 49.1 Å². The van der Waals surface area contributed by atoms with Gasteiger partial charge in [0.15, 0.2) is 0 Å². The highest BCUT2D eigenvalue weighted by molar-refractivity contribution is 7.89. The first-order valence-electron chi connectivity index (χ1n) is 15.2. The van der Waals surface area contributed by atoms with Crippen LogP contribution in [0.1, 0.15) is 56.0 Å². The molecular formula is C31H39N7O3S2. The predicted octanol–water partition coefficient (Wildman–Crippen LogP) is 5.10. The van der Waals surface area contributed by atoms with Crippen molar-refractivity contribution < 1.29 is 13.2 Å². The largest absolute Gasteiger partial charge is 0.467 e. The van der Waals surface area contributed by atoms with E-state index in [-0.39, 0.29) is 11.9 Å². The molecular weight excluding hydrogens is 583 g/mol. The molecule has 6 rings (SSSR count). The Morgan fingerprint density at radius 3 is 2.60 bits per heavy atom. The van der Waals surface area contributed by atoms with Crippen molar-refractivity contribution in [3.05, 3.63) is 66.0 Å². The number of piperidine rings is 1. The summed E-state index contributed by atoms with van der Waals surface area (Å²) < 4.78 is 36.9. The second kappa shape index (κ2) is 13.1. The average Bonchev–Trinajstić information content (AvgIpc) is 3.62. The third-order valence-electron chi connectivity index (χ3n) is 8.25. The normalized spacial score (nSPS) is 17.0. The third-order valence-corrected chi connectivity index (χ3v) is 11.1. The fourth-order valence-electron chi connectivity index (χ4n) is 5.75. The first kappa shape index (κ1) is 29.7. The summed E-state index contributed by atoms with van der Waals surface area (Å²) in [6.45, 7) is 7.37. The third kappa shape index (κ3) is 7.08. The van der Waals surface area contributed by atoms with Crippen LogP contribution in [0.2, 0.25) is 0 Å². The Kier molecular flexibility index (Phi) is 9.06. The van der Waals surface area contributed by atoms with E-state index < -0.39 is 10.0 Å². The van der Waals surface area contributed by atoms with Gasteiger partial charge in [0.25, 0.3) is 5.19 Å². The molecule has 1 saturated heterocycles. The average molecular weight is 622 g/mol. The minimum Gasteiger partial charge on any atom is -0.467 e. The van der Waals surface area contributed by atoms with Crippen LogP contribution >= 0.6 is 11.3 Å². The lowest BCUT2D eigenvalue weighted by Gasteiger charge is -2.31. The monoisotopic (exact) mass is 621 g/mol. The molecule has 5 heterocycles. The number of fused-ring (bicyclic) bond motifs is 1. The predicted molar refractivity (Wildman–Crippen MR) is 171 cm³/mol. The van der Waals surface area contributed by atoms with E-state index in [0.29, 0.717) is 37.7 Å². The van der Waals surface area contributed by atoms with Crippen LogP contribution in [0.3, 0.4) is 0 Å². The van der Waals surface area contributed by atoms with E-state index >= 15 is 0 Å². The molecule has 0 unspecified atom stereocenters. The molecule has 0 saturated carbocycles. The summed E-state index contributed by atoms with van der Waals surface area (Å²) in [4.78, 5) is 20.3. The van der Waals surface area contributed by atoms with Crippen molar-refractivity contribution in [3.8, 4) is 5.19 Å². The number of thiazole rings is 1. The smallest absolute Gasteiger partial charge is 0.274 e. The Hall–Kier alpha value is -3.35. The van der Waals surface area contributed by atoms with E-state index in [0.717, 1.165) is 66.3 Å². The SMILES string of the molecule is CCCc1cnc(N2CCC(Oc3nc4ccc(C5=CCN(S(=O)(=O)CCCn6ccnc6C)CC5)cc4s3)CC2)nc1. The van der Waals surface area contributed by atoms with Crippen LogP contribution in [0.4, 0.5) is 5.95 Å². The molecule has 0 atom stereocenters. The minimum absolute atomic E-state index is 0.119. The number of rotatable bonds is 11. The second-order valence-corrected chi connectivity index (χ2v) is 14.4. The van der Waals surface area contributed by atoms with Crippen molar-refractivity contribution in [2.75, 3.05) is 36.8 Å². The van der Waals surface area contributed by atoms with Gasteiger partial charge in [-0.2, -0.15) is 4.31 Å². The minimum atomic E-state index is -3.30. The van der Waals surface area contributed by atoms with Gasteiger partial charge in [0.2, 0.25) is 16.0 Å². The number of benzene rings is 1. The number of aromatic nitrogens is 5. The zero-order valence-corrected chi connectivity index (χ0v) is 26.5. The van der Waals surface area contributed by atoms with Gasteiger partial charge in [-0.3, -0.25) is 0 Å². The van der Waals surface area contributed by atoms with Crippen molar-refractivity contribution in [1.82, 2.24) is 28.8 Å². The molecule has 0 bridgehead atoms. The van der Waals surface area contributed by atoms with Gasteiger partial charge in [0.05, 0.1) is 16.0 Å². The summed E-state index contributed by atoms with van der Waals surface area (Å²) in [5.41, 5.74) is 4.40. The van der Waals surface area contributed by atoms with E-state index in [1.54, 1.807) is 21.8 Å². The molecule has 0 amide bonds. The van der Waals surface area contributed by atoms with Crippen LogP contribution in [0.25, 0.3) is 15.8 Å². The Balaban J connectivity index is 1.02. The number of hydrogen-bond donors (Lipinski definition) is 0. The van der Waals surface area contributed by atoms with Gasteiger partial charge < -0.3 is 14.2 Å². The van der Waals surface area contributed by atoms with E-state index in [2.05, 4.69) is 45.0 Å². The molecule has 1 fully saturated rings. The highest BCUT2D eigenvalue weighted by atomic mass is 32.2. The fraction of sp³-hybridized carbons (Fsp3) is 0.484. The Morgan fingerprint density at radius 1 is 1.09 bits per heavy atom. The molecule has 228 valence electrons. The quantitative estimate of drug-likeness (QED) is 0.228. The summed E-state index contributed by atoms with van der Waals surface area (Å²) >= 11 is 1.57. The van der Waals surface area contributed by atoms with E-state index in [1.807, 2.05) is 36.1 Å².